The van der Waals surface area contributed by atoms with E-state index in [0.717, 1.165) is 28.8 Å². The van der Waals surface area contributed by atoms with Gasteiger partial charge in [-0.1, -0.05) is 23.2 Å². The number of halogens is 1. The number of aryl methyl sites for hydroxylation is 3. The van der Waals surface area contributed by atoms with Crippen molar-refractivity contribution < 1.29 is 0 Å². The molecule has 0 saturated heterocycles. The van der Waals surface area contributed by atoms with Crippen molar-refractivity contribution in [2.24, 2.45) is 0 Å². The summed E-state index contributed by atoms with van der Waals surface area (Å²) in [4.78, 5) is 4.77. The van der Waals surface area contributed by atoms with Crippen molar-refractivity contribution in [1.82, 2.24) is 4.98 Å². The first kappa shape index (κ1) is 10.1. The van der Waals surface area contributed by atoms with E-state index in [0.29, 0.717) is 0 Å². The van der Waals surface area contributed by atoms with Gasteiger partial charge in [0.15, 0.2) is 0 Å². The normalized spacial score (nSPS) is 14.4. The molecule has 2 aromatic rings. The maximum Gasteiger partial charge on any atom is 0.0749 e. The van der Waals surface area contributed by atoms with Crippen LogP contribution in [0.3, 0.4) is 0 Å². The molecule has 1 aromatic carbocycles. The highest BCUT2D eigenvalue weighted by atomic mass is 35.5. The zero-order valence-corrected chi connectivity index (χ0v) is 10.4. The van der Waals surface area contributed by atoms with Gasteiger partial charge in [-0.05, 0) is 50.3 Å². The molecule has 0 saturated carbocycles. The molecule has 1 aliphatic rings. The van der Waals surface area contributed by atoms with Crippen LogP contribution in [0.2, 0.25) is 5.02 Å². The number of aromatic nitrogens is 1. The van der Waals surface area contributed by atoms with E-state index in [9.17, 15) is 0 Å². The fourth-order valence-corrected chi connectivity index (χ4v) is 3.01. The number of hydrogen-bond donors (Lipinski definition) is 0. The predicted octanol–water partition coefficient (Wildman–Crippen LogP) is 3.99. The SMILES string of the molecule is Cc1cc(C)c2nc3c(c(Cl)c2c1)CCC3. The lowest BCUT2D eigenvalue weighted by Gasteiger charge is -2.09. The molecule has 0 fully saturated rings. The van der Waals surface area contributed by atoms with Crippen LogP contribution in [-0.4, -0.2) is 4.98 Å². The van der Waals surface area contributed by atoms with Crippen LogP contribution in [0, 0.1) is 13.8 Å². The third-order valence-corrected chi connectivity index (χ3v) is 3.81. The standard InChI is InChI=1S/C14H14ClN/c1-8-6-9(2)14-11(7-8)13(15)10-4-3-5-12(10)16-14/h6-7H,3-5H2,1-2H3. The van der Waals surface area contributed by atoms with E-state index in [1.165, 1.54) is 28.8 Å². The summed E-state index contributed by atoms with van der Waals surface area (Å²) < 4.78 is 0. The minimum atomic E-state index is 0.935. The molecular formula is C14H14ClN. The lowest BCUT2D eigenvalue weighted by atomic mass is 10.0. The van der Waals surface area contributed by atoms with Crippen LogP contribution in [-0.2, 0) is 12.8 Å². The number of nitrogens with zero attached hydrogens (tertiary/aromatic N) is 1. The highest BCUT2D eigenvalue weighted by Gasteiger charge is 2.19. The van der Waals surface area contributed by atoms with Gasteiger partial charge in [-0.25, -0.2) is 0 Å². The molecule has 1 aromatic heterocycles. The molecule has 1 nitrogen and oxygen atoms in total. The Labute approximate surface area is 100 Å². The lowest BCUT2D eigenvalue weighted by molar-refractivity contribution is 0.901. The van der Waals surface area contributed by atoms with E-state index in [1.807, 2.05) is 0 Å². The van der Waals surface area contributed by atoms with E-state index in [-0.39, 0.29) is 0 Å². The zero-order valence-electron chi connectivity index (χ0n) is 9.60. The Morgan fingerprint density at radius 1 is 1.19 bits per heavy atom. The second-order valence-electron chi connectivity index (χ2n) is 4.68. The molecule has 0 atom stereocenters. The van der Waals surface area contributed by atoms with Crippen LogP contribution in [0.5, 0.6) is 0 Å². The summed E-state index contributed by atoms with van der Waals surface area (Å²) in [6, 6.07) is 4.32. The first-order valence-electron chi connectivity index (χ1n) is 5.75. The number of fused-ring (bicyclic) bond motifs is 2. The Morgan fingerprint density at radius 2 is 2.00 bits per heavy atom. The predicted molar refractivity (Wildman–Crippen MR) is 68.3 cm³/mol. The molecule has 16 heavy (non-hydrogen) atoms. The minimum absolute atomic E-state index is 0.935. The summed E-state index contributed by atoms with van der Waals surface area (Å²) in [6.45, 7) is 4.22. The van der Waals surface area contributed by atoms with Crippen LogP contribution in [0.25, 0.3) is 10.9 Å². The molecule has 1 heterocycles. The monoisotopic (exact) mass is 231 g/mol. The van der Waals surface area contributed by atoms with Gasteiger partial charge in [-0.15, -0.1) is 0 Å². The third kappa shape index (κ3) is 1.35. The van der Waals surface area contributed by atoms with Gasteiger partial charge in [0.25, 0.3) is 0 Å². The highest BCUT2D eigenvalue weighted by Crippen LogP contribution is 2.34. The molecular weight excluding hydrogens is 218 g/mol. The van der Waals surface area contributed by atoms with Gasteiger partial charge in [-0.2, -0.15) is 0 Å². The Hall–Kier alpha value is -1.08. The summed E-state index contributed by atoms with van der Waals surface area (Å²) in [5.41, 5.74) is 6.05. The van der Waals surface area contributed by atoms with Gasteiger partial charge in [0.1, 0.15) is 0 Å². The van der Waals surface area contributed by atoms with Gasteiger partial charge in [-0.3, -0.25) is 4.98 Å². The maximum absolute atomic E-state index is 6.49. The number of hydrogen-bond acceptors (Lipinski definition) is 1. The second kappa shape index (κ2) is 3.46. The largest absolute Gasteiger partial charge is 0.252 e. The van der Waals surface area contributed by atoms with Crippen molar-refractivity contribution in [2.45, 2.75) is 33.1 Å². The lowest BCUT2D eigenvalue weighted by Crippen LogP contribution is -1.94. The van der Waals surface area contributed by atoms with Crippen molar-refractivity contribution in [3.05, 3.63) is 39.5 Å². The Kier molecular flexibility index (Phi) is 2.18. The van der Waals surface area contributed by atoms with Crippen LogP contribution in [0.15, 0.2) is 12.1 Å². The zero-order chi connectivity index (χ0) is 11.3. The molecule has 0 N–H and O–H groups in total. The molecule has 0 amide bonds. The van der Waals surface area contributed by atoms with Gasteiger partial charge in [0, 0.05) is 11.1 Å². The summed E-state index contributed by atoms with van der Waals surface area (Å²) in [5, 5.41) is 2.06. The van der Waals surface area contributed by atoms with Crippen molar-refractivity contribution in [3.63, 3.8) is 0 Å². The first-order chi connectivity index (χ1) is 7.66. The van der Waals surface area contributed by atoms with Crippen LogP contribution < -0.4 is 0 Å². The summed E-state index contributed by atoms with van der Waals surface area (Å²) in [6.07, 6.45) is 3.36. The first-order valence-corrected chi connectivity index (χ1v) is 6.13. The van der Waals surface area contributed by atoms with E-state index in [4.69, 9.17) is 16.6 Å². The topological polar surface area (TPSA) is 12.9 Å². The van der Waals surface area contributed by atoms with Crippen LogP contribution in [0.1, 0.15) is 28.8 Å². The highest BCUT2D eigenvalue weighted by molar-refractivity contribution is 6.36. The summed E-state index contributed by atoms with van der Waals surface area (Å²) in [5.74, 6) is 0. The average molecular weight is 232 g/mol. The molecule has 3 rings (SSSR count). The number of pyridine rings is 1. The van der Waals surface area contributed by atoms with E-state index in [2.05, 4.69) is 26.0 Å². The Bertz CT molecular complexity index is 587. The molecule has 0 aliphatic heterocycles. The van der Waals surface area contributed by atoms with E-state index in [1.54, 1.807) is 0 Å². The molecule has 0 radical (unpaired) electrons. The average Bonchev–Trinajstić information content (AvgIpc) is 2.68. The van der Waals surface area contributed by atoms with Gasteiger partial charge < -0.3 is 0 Å². The fraction of sp³-hybridized carbons (Fsp3) is 0.357. The Balaban J connectivity index is 2.46. The molecule has 2 heteroatoms. The maximum atomic E-state index is 6.49. The molecule has 0 unspecified atom stereocenters. The molecule has 82 valence electrons. The van der Waals surface area contributed by atoms with Crippen LogP contribution in [0.4, 0.5) is 0 Å². The Morgan fingerprint density at radius 3 is 2.81 bits per heavy atom. The second-order valence-corrected chi connectivity index (χ2v) is 5.06. The van der Waals surface area contributed by atoms with Gasteiger partial charge in [0.05, 0.1) is 10.5 Å². The molecule has 1 aliphatic carbocycles. The van der Waals surface area contributed by atoms with Crippen molar-refractivity contribution in [3.8, 4) is 0 Å². The fourth-order valence-electron chi connectivity index (χ4n) is 2.66. The molecule has 0 spiro atoms. The van der Waals surface area contributed by atoms with Gasteiger partial charge >= 0.3 is 0 Å². The minimum Gasteiger partial charge on any atom is -0.252 e. The quantitative estimate of drug-likeness (QED) is 0.668. The van der Waals surface area contributed by atoms with E-state index < -0.39 is 0 Å². The van der Waals surface area contributed by atoms with Gasteiger partial charge in [0.2, 0.25) is 0 Å². The van der Waals surface area contributed by atoms with Crippen molar-refractivity contribution >= 4 is 22.5 Å². The third-order valence-electron chi connectivity index (χ3n) is 3.38. The van der Waals surface area contributed by atoms with Crippen molar-refractivity contribution in [1.29, 1.82) is 0 Å². The van der Waals surface area contributed by atoms with Crippen LogP contribution >= 0.6 is 11.6 Å². The smallest absolute Gasteiger partial charge is 0.0749 e. The number of rotatable bonds is 0. The summed E-state index contributed by atoms with van der Waals surface area (Å²) >= 11 is 6.49. The summed E-state index contributed by atoms with van der Waals surface area (Å²) in [7, 11) is 0. The van der Waals surface area contributed by atoms with E-state index >= 15 is 0 Å². The number of benzene rings is 1. The molecule has 0 bridgehead atoms. The van der Waals surface area contributed by atoms with Crippen molar-refractivity contribution in [2.75, 3.05) is 0 Å².